The third-order valence-electron chi connectivity index (χ3n) is 4.92. The summed E-state index contributed by atoms with van der Waals surface area (Å²) >= 11 is 0. The predicted molar refractivity (Wildman–Crippen MR) is 97.8 cm³/mol. The summed E-state index contributed by atoms with van der Waals surface area (Å²) in [7, 11) is 2.64. The molecule has 0 unspecified atom stereocenters. The molecule has 26 heavy (non-hydrogen) atoms. The van der Waals surface area contributed by atoms with Gasteiger partial charge in [0.1, 0.15) is 17.4 Å². The lowest BCUT2D eigenvalue weighted by molar-refractivity contribution is -0.156. The largest absolute Gasteiger partial charge is 0.469 e. The van der Waals surface area contributed by atoms with Gasteiger partial charge in [-0.05, 0) is 18.1 Å². The highest BCUT2D eigenvalue weighted by Gasteiger charge is 2.58. The monoisotopic (exact) mass is 351 g/mol. The van der Waals surface area contributed by atoms with Crippen LogP contribution in [0.3, 0.4) is 0 Å². The van der Waals surface area contributed by atoms with Gasteiger partial charge in [0, 0.05) is 5.71 Å². The van der Waals surface area contributed by atoms with Gasteiger partial charge >= 0.3 is 11.9 Å². The van der Waals surface area contributed by atoms with Crippen molar-refractivity contribution in [3.05, 3.63) is 71.8 Å². The summed E-state index contributed by atoms with van der Waals surface area (Å²) in [5.41, 5.74) is 1.16. The number of ether oxygens (including phenoxy) is 2. The van der Waals surface area contributed by atoms with E-state index in [1.807, 2.05) is 60.7 Å². The van der Waals surface area contributed by atoms with Crippen LogP contribution in [0.2, 0.25) is 0 Å². The van der Waals surface area contributed by atoms with E-state index in [1.54, 1.807) is 6.92 Å². The zero-order valence-electron chi connectivity index (χ0n) is 15.0. The van der Waals surface area contributed by atoms with Crippen molar-refractivity contribution in [3.8, 4) is 0 Å². The van der Waals surface area contributed by atoms with Crippen LogP contribution in [0, 0.1) is 11.8 Å². The number of rotatable bonds is 4. The molecule has 0 saturated heterocycles. The van der Waals surface area contributed by atoms with Gasteiger partial charge in [-0.2, -0.15) is 0 Å². The SMILES string of the molecule is COC(=O)[C@H]1C(C)=NC(c2ccccc2)(c2ccccc2)[C@@H]1C(=O)OC. The van der Waals surface area contributed by atoms with Gasteiger partial charge in [-0.15, -0.1) is 0 Å². The fourth-order valence-electron chi connectivity index (χ4n) is 3.81. The van der Waals surface area contributed by atoms with Crippen molar-refractivity contribution in [1.29, 1.82) is 0 Å². The van der Waals surface area contributed by atoms with E-state index >= 15 is 0 Å². The molecule has 3 rings (SSSR count). The quantitative estimate of drug-likeness (QED) is 0.795. The minimum absolute atomic E-state index is 0.490. The number of hydrogen-bond donors (Lipinski definition) is 0. The standard InChI is InChI=1S/C21H21NO4/c1-14-17(19(23)25-2)18(20(24)26-3)21(22-14,15-10-6-4-7-11-15)16-12-8-5-9-13-16/h4-13,17-18H,1-3H3/t17-,18-/m0/s1. The van der Waals surface area contributed by atoms with Gasteiger partial charge in [0.2, 0.25) is 0 Å². The van der Waals surface area contributed by atoms with Gasteiger partial charge < -0.3 is 9.47 Å². The van der Waals surface area contributed by atoms with Crippen LogP contribution in [0.4, 0.5) is 0 Å². The Bertz CT molecular complexity index is 790. The smallest absolute Gasteiger partial charge is 0.315 e. The molecule has 0 aliphatic carbocycles. The van der Waals surface area contributed by atoms with Gasteiger partial charge in [0.05, 0.1) is 14.2 Å². The third-order valence-corrected chi connectivity index (χ3v) is 4.92. The molecule has 2 aromatic rings. The molecule has 0 amide bonds. The Morgan fingerprint density at radius 1 is 0.846 bits per heavy atom. The predicted octanol–water partition coefficient (Wildman–Crippen LogP) is 2.98. The number of carbonyl (C=O) groups excluding carboxylic acids is 2. The van der Waals surface area contributed by atoms with Gasteiger partial charge in [0.15, 0.2) is 0 Å². The van der Waals surface area contributed by atoms with Crippen molar-refractivity contribution in [1.82, 2.24) is 0 Å². The highest BCUT2D eigenvalue weighted by atomic mass is 16.5. The summed E-state index contributed by atoms with van der Waals surface area (Å²) < 4.78 is 10.1. The molecule has 5 nitrogen and oxygen atoms in total. The average molecular weight is 351 g/mol. The first kappa shape index (κ1) is 17.9. The second kappa shape index (κ2) is 7.12. The highest BCUT2D eigenvalue weighted by molar-refractivity contribution is 6.07. The van der Waals surface area contributed by atoms with Crippen molar-refractivity contribution in [2.75, 3.05) is 14.2 Å². The molecule has 0 spiro atoms. The number of nitrogens with zero attached hydrogens (tertiary/aromatic N) is 1. The summed E-state index contributed by atoms with van der Waals surface area (Å²) in [4.78, 5) is 30.2. The second-order valence-electron chi connectivity index (χ2n) is 6.25. The maximum Gasteiger partial charge on any atom is 0.315 e. The number of carbonyl (C=O) groups is 2. The highest BCUT2D eigenvalue weighted by Crippen LogP contribution is 2.49. The van der Waals surface area contributed by atoms with E-state index in [0.717, 1.165) is 11.1 Å². The molecule has 0 saturated carbocycles. The van der Waals surface area contributed by atoms with E-state index in [9.17, 15) is 9.59 Å². The van der Waals surface area contributed by atoms with E-state index in [1.165, 1.54) is 14.2 Å². The van der Waals surface area contributed by atoms with Crippen molar-refractivity contribution in [2.45, 2.75) is 12.5 Å². The second-order valence-corrected chi connectivity index (χ2v) is 6.25. The molecular weight excluding hydrogens is 330 g/mol. The number of methoxy groups -OCH3 is 2. The molecule has 0 N–H and O–H groups in total. The first-order valence-corrected chi connectivity index (χ1v) is 8.39. The fraction of sp³-hybridized carbons (Fsp3) is 0.286. The molecule has 0 radical (unpaired) electrons. The number of esters is 2. The Hall–Kier alpha value is -2.95. The normalized spacial score (nSPS) is 21.0. The van der Waals surface area contributed by atoms with E-state index in [-0.39, 0.29) is 0 Å². The minimum atomic E-state index is -1.04. The van der Waals surface area contributed by atoms with Crippen molar-refractivity contribution >= 4 is 17.7 Å². The lowest BCUT2D eigenvalue weighted by Crippen LogP contribution is -2.43. The van der Waals surface area contributed by atoms with E-state index in [2.05, 4.69) is 0 Å². The van der Waals surface area contributed by atoms with Gasteiger partial charge in [-0.1, -0.05) is 60.7 Å². The molecule has 5 heteroatoms. The van der Waals surface area contributed by atoms with E-state index < -0.39 is 29.3 Å². The van der Waals surface area contributed by atoms with Crippen molar-refractivity contribution in [2.24, 2.45) is 16.8 Å². The molecular formula is C21H21NO4. The zero-order valence-corrected chi connectivity index (χ0v) is 15.0. The molecule has 0 aromatic heterocycles. The maximum atomic E-state index is 12.8. The van der Waals surface area contributed by atoms with Gasteiger partial charge in [-0.3, -0.25) is 14.6 Å². The zero-order chi connectivity index (χ0) is 18.7. The van der Waals surface area contributed by atoms with Crippen molar-refractivity contribution in [3.63, 3.8) is 0 Å². The van der Waals surface area contributed by atoms with Crippen LogP contribution in [0.25, 0.3) is 0 Å². The molecule has 0 fully saturated rings. The first-order valence-electron chi connectivity index (χ1n) is 8.39. The summed E-state index contributed by atoms with van der Waals surface area (Å²) in [5, 5.41) is 0. The number of benzene rings is 2. The Morgan fingerprint density at radius 2 is 1.31 bits per heavy atom. The topological polar surface area (TPSA) is 65.0 Å². The van der Waals surface area contributed by atoms with E-state index in [0.29, 0.717) is 5.71 Å². The molecule has 1 aliphatic rings. The molecule has 2 atom stereocenters. The van der Waals surface area contributed by atoms with Crippen molar-refractivity contribution < 1.29 is 19.1 Å². The lowest BCUT2D eigenvalue weighted by atomic mass is 9.70. The molecule has 1 aliphatic heterocycles. The van der Waals surface area contributed by atoms with Crippen LogP contribution >= 0.6 is 0 Å². The molecule has 0 bridgehead atoms. The average Bonchev–Trinajstić information content (AvgIpc) is 3.02. The molecule has 134 valence electrons. The van der Waals surface area contributed by atoms with E-state index in [4.69, 9.17) is 14.5 Å². The number of aliphatic imine (C=N–C) groups is 1. The van der Waals surface area contributed by atoms with Crippen LogP contribution in [0.1, 0.15) is 18.1 Å². The fourth-order valence-corrected chi connectivity index (χ4v) is 3.81. The van der Waals surface area contributed by atoms with Crippen LogP contribution in [-0.4, -0.2) is 31.9 Å². The third kappa shape index (κ3) is 2.69. The number of hydrogen-bond acceptors (Lipinski definition) is 5. The Kier molecular flexibility index (Phi) is 4.89. The van der Waals surface area contributed by atoms with Crippen LogP contribution in [0.5, 0.6) is 0 Å². The summed E-state index contributed by atoms with van der Waals surface area (Å²) in [6.45, 7) is 1.76. The Morgan fingerprint density at radius 3 is 1.73 bits per heavy atom. The summed E-state index contributed by atoms with van der Waals surface area (Å²) in [6, 6.07) is 19.0. The van der Waals surface area contributed by atoms with Gasteiger partial charge in [0.25, 0.3) is 0 Å². The summed E-state index contributed by atoms with van der Waals surface area (Å²) in [5.74, 6) is -2.62. The molecule has 2 aromatic carbocycles. The van der Waals surface area contributed by atoms with Crippen LogP contribution < -0.4 is 0 Å². The Balaban J connectivity index is 2.32. The van der Waals surface area contributed by atoms with Crippen LogP contribution in [0.15, 0.2) is 65.7 Å². The maximum absolute atomic E-state index is 12.8. The van der Waals surface area contributed by atoms with Gasteiger partial charge in [-0.25, -0.2) is 0 Å². The first-order chi connectivity index (χ1) is 12.6. The Labute approximate surface area is 152 Å². The molecule has 1 heterocycles. The minimum Gasteiger partial charge on any atom is -0.469 e. The van der Waals surface area contributed by atoms with Crippen LogP contribution in [-0.2, 0) is 24.6 Å². The lowest BCUT2D eigenvalue weighted by Gasteiger charge is -2.34. The summed E-state index contributed by atoms with van der Waals surface area (Å²) in [6.07, 6.45) is 0.